The number of hydrogen-bond acceptors (Lipinski definition) is 7. The van der Waals surface area contributed by atoms with Crippen LogP contribution in [0.15, 0.2) is 48.9 Å². The Balaban J connectivity index is 1.81. The molecule has 0 amide bonds. The van der Waals surface area contributed by atoms with Crippen molar-refractivity contribution in [1.82, 2.24) is 19.9 Å². The first kappa shape index (κ1) is 14.4. The lowest BCUT2D eigenvalue weighted by molar-refractivity contribution is 1.14. The molecule has 0 atom stereocenters. The molecule has 0 aliphatic carbocycles. The Hall–Kier alpha value is -3.53. The van der Waals surface area contributed by atoms with Crippen LogP contribution in [0.2, 0.25) is 0 Å². The van der Waals surface area contributed by atoms with Gasteiger partial charge in [0, 0.05) is 18.0 Å². The molecule has 0 aliphatic rings. The lowest BCUT2D eigenvalue weighted by Crippen LogP contribution is -2.01. The molecule has 112 valence electrons. The summed E-state index contributed by atoms with van der Waals surface area (Å²) in [6.45, 7) is 1.92. The SMILES string of the molecule is Cc1cccc(Nc2cc(Nc3cccnc3C#N)ncn2)n1. The van der Waals surface area contributed by atoms with Gasteiger partial charge in [-0.3, -0.25) is 0 Å². The monoisotopic (exact) mass is 303 g/mol. The number of aryl methyl sites for hydroxylation is 1. The van der Waals surface area contributed by atoms with Crippen LogP contribution < -0.4 is 10.6 Å². The predicted molar refractivity (Wildman–Crippen MR) is 86.5 cm³/mol. The van der Waals surface area contributed by atoms with Crippen LogP contribution in [-0.2, 0) is 0 Å². The maximum atomic E-state index is 9.07. The summed E-state index contributed by atoms with van der Waals surface area (Å²) in [6, 6.07) is 13.0. The number of hydrogen-bond donors (Lipinski definition) is 2. The number of nitrogens with zero attached hydrogens (tertiary/aromatic N) is 5. The molecule has 0 spiro atoms. The Labute approximate surface area is 133 Å². The highest BCUT2D eigenvalue weighted by Crippen LogP contribution is 2.19. The van der Waals surface area contributed by atoms with Gasteiger partial charge in [0.1, 0.15) is 29.9 Å². The first-order chi connectivity index (χ1) is 11.2. The van der Waals surface area contributed by atoms with Crippen LogP contribution >= 0.6 is 0 Å². The molecule has 0 bridgehead atoms. The standard InChI is InChI=1S/C16H13N7/c1-11-4-2-6-14(21-11)23-16-8-15(19-10-20-16)22-12-5-3-7-18-13(12)9-17/h2-8,10H,1H3,(H2,19,20,21,22,23). The fraction of sp³-hybridized carbons (Fsp3) is 0.0625. The first-order valence-corrected chi connectivity index (χ1v) is 6.89. The third kappa shape index (κ3) is 3.57. The molecule has 0 aliphatic heterocycles. The third-order valence-corrected chi connectivity index (χ3v) is 2.99. The summed E-state index contributed by atoms with van der Waals surface area (Å²) < 4.78 is 0. The molecular formula is C16H13N7. The van der Waals surface area contributed by atoms with Crippen molar-refractivity contribution in [2.45, 2.75) is 6.92 Å². The number of nitrogens with one attached hydrogen (secondary N) is 2. The van der Waals surface area contributed by atoms with Gasteiger partial charge < -0.3 is 10.6 Å². The van der Waals surface area contributed by atoms with Crippen LogP contribution in [0.1, 0.15) is 11.4 Å². The van der Waals surface area contributed by atoms with E-state index in [1.165, 1.54) is 6.33 Å². The van der Waals surface area contributed by atoms with Gasteiger partial charge in [-0.05, 0) is 31.2 Å². The van der Waals surface area contributed by atoms with Crippen molar-refractivity contribution in [1.29, 1.82) is 5.26 Å². The van der Waals surface area contributed by atoms with Crippen LogP contribution in [-0.4, -0.2) is 19.9 Å². The summed E-state index contributed by atoms with van der Waals surface area (Å²) >= 11 is 0. The highest BCUT2D eigenvalue weighted by Gasteiger charge is 2.05. The molecule has 3 aromatic rings. The summed E-state index contributed by atoms with van der Waals surface area (Å²) in [6.07, 6.45) is 3.00. The lowest BCUT2D eigenvalue weighted by Gasteiger charge is -2.09. The van der Waals surface area contributed by atoms with Gasteiger partial charge in [-0.2, -0.15) is 5.26 Å². The van der Waals surface area contributed by atoms with E-state index in [1.807, 2.05) is 31.2 Å². The second-order valence-corrected chi connectivity index (χ2v) is 4.71. The zero-order valence-corrected chi connectivity index (χ0v) is 12.4. The molecule has 0 fully saturated rings. The Bertz CT molecular complexity index is 870. The fourth-order valence-corrected chi connectivity index (χ4v) is 1.97. The van der Waals surface area contributed by atoms with Crippen molar-refractivity contribution >= 4 is 23.1 Å². The van der Waals surface area contributed by atoms with E-state index in [-0.39, 0.29) is 0 Å². The molecule has 23 heavy (non-hydrogen) atoms. The largest absolute Gasteiger partial charge is 0.338 e. The minimum Gasteiger partial charge on any atom is -0.338 e. The van der Waals surface area contributed by atoms with E-state index in [4.69, 9.17) is 5.26 Å². The summed E-state index contributed by atoms with van der Waals surface area (Å²) in [4.78, 5) is 16.7. The predicted octanol–water partition coefficient (Wildman–Crippen LogP) is 2.93. The van der Waals surface area contributed by atoms with Crippen molar-refractivity contribution in [2.75, 3.05) is 10.6 Å². The minimum atomic E-state index is 0.306. The zero-order valence-electron chi connectivity index (χ0n) is 12.4. The van der Waals surface area contributed by atoms with E-state index >= 15 is 0 Å². The van der Waals surface area contributed by atoms with Crippen LogP contribution in [0.4, 0.5) is 23.1 Å². The quantitative estimate of drug-likeness (QED) is 0.764. The molecule has 3 aromatic heterocycles. The molecule has 2 N–H and O–H groups in total. The minimum absolute atomic E-state index is 0.306. The van der Waals surface area contributed by atoms with Gasteiger partial charge in [0.2, 0.25) is 0 Å². The molecule has 7 nitrogen and oxygen atoms in total. The molecule has 3 heterocycles. The second kappa shape index (κ2) is 6.49. The second-order valence-electron chi connectivity index (χ2n) is 4.71. The Kier molecular flexibility index (Phi) is 4.07. The summed E-state index contributed by atoms with van der Waals surface area (Å²) in [7, 11) is 0. The molecule has 0 saturated carbocycles. The summed E-state index contributed by atoms with van der Waals surface area (Å²) in [5, 5.41) is 15.2. The van der Waals surface area contributed by atoms with Crippen LogP contribution in [0.25, 0.3) is 0 Å². The molecule has 0 radical (unpaired) electrons. The van der Waals surface area contributed by atoms with Crippen molar-refractivity contribution in [3.63, 3.8) is 0 Å². The number of rotatable bonds is 4. The van der Waals surface area contributed by atoms with Crippen molar-refractivity contribution in [3.05, 3.63) is 60.3 Å². The zero-order chi connectivity index (χ0) is 16.1. The average Bonchev–Trinajstić information content (AvgIpc) is 2.56. The Morgan fingerprint density at radius 2 is 1.78 bits per heavy atom. The smallest absolute Gasteiger partial charge is 0.163 e. The van der Waals surface area contributed by atoms with Crippen LogP contribution in [0, 0.1) is 18.3 Å². The summed E-state index contributed by atoms with van der Waals surface area (Å²) in [5.74, 6) is 1.86. The van der Waals surface area contributed by atoms with Gasteiger partial charge in [-0.25, -0.2) is 19.9 Å². The highest BCUT2D eigenvalue weighted by atomic mass is 15.1. The van der Waals surface area contributed by atoms with Gasteiger partial charge in [0.05, 0.1) is 5.69 Å². The van der Waals surface area contributed by atoms with E-state index in [9.17, 15) is 0 Å². The molecule has 0 saturated heterocycles. The lowest BCUT2D eigenvalue weighted by atomic mass is 10.3. The topological polar surface area (TPSA) is 99.4 Å². The number of pyridine rings is 2. The van der Waals surface area contributed by atoms with E-state index in [2.05, 4.69) is 30.6 Å². The van der Waals surface area contributed by atoms with Gasteiger partial charge in [-0.1, -0.05) is 6.07 Å². The highest BCUT2D eigenvalue weighted by molar-refractivity contribution is 5.64. The Morgan fingerprint density at radius 3 is 2.57 bits per heavy atom. The van der Waals surface area contributed by atoms with Gasteiger partial charge in [0.15, 0.2) is 5.69 Å². The fourth-order valence-electron chi connectivity index (χ4n) is 1.97. The van der Waals surface area contributed by atoms with Gasteiger partial charge in [-0.15, -0.1) is 0 Å². The van der Waals surface area contributed by atoms with Gasteiger partial charge >= 0.3 is 0 Å². The van der Waals surface area contributed by atoms with Crippen molar-refractivity contribution in [3.8, 4) is 6.07 Å². The van der Waals surface area contributed by atoms with E-state index in [1.54, 1.807) is 24.4 Å². The normalized spacial score (nSPS) is 9.91. The van der Waals surface area contributed by atoms with Crippen molar-refractivity contribution in [2.24, 2.45) is 0 Å². The molecular weight excluding hydrogens is 290 g/mol. The maximum Gasteiger partial charge on any atom is 0.163 e. The molecule has 3 rings (SSSR count). The number of anilines is 4. The number of nitriles is 1. The number of aromatic nitrogens is 4. The van der Waals surface area contributed by atoms with Crippen LogP contribution in [0.5, 0.6) is 0 Å². The van der Waals surface area contributed by atoms with E-state index < -0.39 is 0 Å². The van der Waals surface area contributed by atoms with Gasteiger partial charge in [0.25, 0.3) is 0 Å². The summed E-state index contributed by atoms with van der Waals surface area (Å²) in [5.41, 5.74) is 1.81. The molecule has 0 unspecified atom stereocenters. The maximum absolute atomic E-state index is 9.07. The molecule has 7 heteroatoms. The first-order valence-electron chi connectivity index (χ1n) is 6.89. The van der Waals surface area contributed by atoms with Crippen molar-refractivity contribution < 1.29 is 0 Å². The molecule has 0 aromatic carbocycles. The average molecular weight is 303 g/mol. The van der Waals surface area contributed by atoms with Crippen LogP contribution in [0.3, 0.4) is 0 Å². The van der Waals surface area contributed by atoms with E-state index in [0.717, 1.165) is 5.69 Å². The van der Waals surface area contributed by atoms with E-state index in [0.29, 0.717) is 28.8 Å². The third-order valence-electron chi connectivity index (χ3n) is 2.99. The Morgan fingerprint density at radius 1 is 0.957 bits per heavy atom.